The summed E-state index contributed by atoms with van der Waals surface area (Å²) in [5.74, 6) is -1.26. The van der Waals surface area contributed by atoms with Gasteiger partial charge >= 0.3 is 16.2 Å². The topological polar surface area (TPSA) is 172 Å². The van der Waals surface area contributed by atoms with Gasteiger partial charge < -0.3 is 14.7 Å². The molecule has 3 rings (SSSR count). The Kier molecular flexibility index (Phi) is 6.20. The molecule has 0 unspecified atom stereocenters. The molecule has 1 saturated heterocycles. The van der Waals surface area contributed by atoms with Crippen molar-refractivity contribution in [2.24, 2.45) is 5.16 Å². The van der Waals surface area contributed by atoms with Gasteiger partial charge in [0.2, 0.25) is 0 Å². The van der Waals surface area contributed by atoms with Gasteiger partial charge in [0.25, 0.3) is 11.8 Å². The number of rotatable bonds is 7. The van der Waals surface area contributed by atoms with Crippen LogP contribution in [0.4, 0.5) is 10.6 Å². The van der Waals surface area contributed by atoms with Gasteiger partial charge in [0, 0.05) is 11.6 Å². The minimum atomic E-state index is -4.35. The van der Waals surface area contributed by atoms with E-state index in [0.717, 1.165) is 0 Å². The van der Waals surface area contributed by atoms with E-state index in [0.29, 0.717) is 16.2 Å². The third-order valence-corrected chi connectivity index (χ3v) is 4.93. The number of benzene rings is 1. The number of nitrogens with zero attached hydrogens (tertiary/aromatic N) is 3. The van der Waals surface area contributed by atoms with Gasteiger partial charge in [0.05, 0.1) is 6.54 Å². The SMILES string of the molecule is CO/N=C(\C(=O)N[C@H]1CN(C(=O)NS(=O)(=O)Nc2cc(C)on2)C1=O)c1ccccc1. The summed E-state index contributed by atoms with van der Waals surface area (Å²) in [6.07, 6.45) is 0. The first kappa shape index (κ1) is 21.8. The second-order valence-electron chi connectivity index (χ2n) is 6.30. The molecule has 1 aliphatic heterocycles. The van der Waals surface area contributed by atoms with Crippen molar-refractivity contribution in [3.63, 3.8) is 0 Å². The molecule has 0 saturated carbocycles. The number of oxime groups is 1. The molecule has 14 heteroatoms. The van der Waals surface area contributed by atoms with Crippen molar-refractivity contribution < 1.29 is 32.2 Å². The van der Waals surface area contributed by atoms with Crippen molar-refractivity contribution in [1.29, 1.82) is 0 Å². The van der Waals surface area contributed by atoms with Crippen LogP contribution < -0.4 is 14.8 Å². The average Bonchev–Trinajstić information content (AvgIpc) is 3.12. The molecule has 1 atom stereocenters. The maximum absolute atomic E-state index is 12.5. The second kappa shape index (κ2) is 8.83. The van der Waals surface area contributed by atoms with Crippen LogP contribution in [0.3, 0.4) is 0 Å². The predicted octanol–water partition coefficient (Wildman–Crippen LogP) is -0.273. The number of imide groups is 1. The summed E-state index contributed by atoms with van der Waals surface area (Å²) in [4.78, 5) is 42.1. The number of nitrogens with one attached hydrogen (secondary N) is 3. The summed E-state index contributed by atoms with van der Waals surface area (Å²) in [5.41, 5.74) is 0.400. The molecule has 0 aliphatic carbocycles. The molecule has 2 heterocycles. The molecule has 0 bridgehead atoms. The summed E-state index contributed by atoms with van der Waals surface area (Å²) in [5, 5.41) is 9.54. The third-order valence-electron chi connectivity index (χ3n) is 4.01. The number of carbonyl (C=O) groups is 3. The number of β-lactam (4-membered cyclic amide) rings is 1. The van der Waals surface area contributed by atoms with Gasteiger partial charge in [0.1, 0.15) is 18.9 Å². The Morgan fingerprint density at radius 1 is 1.29 bits per heavy atom. The van der Waals surface area contributed by atoms with Crippen LogP contribution >= 0.6 is 0 Å². The smallest absolute Gasteiger partial charge is 0.339 e. The first-order chi connectivity index (χ1) is 14.7. The summed E-state index contributed by atoms with van der Waals surface area (Å²) < 4.78 is 32.3. The summed E-state index contributed by atoms with van der Waals surface area (Å²) in [6.45, 7) is 1.32. The molecule has 31 heavy (non-hydrogen) atoms. The van der Waals surface area contributed by atoms with E-state index in [4.69, 9.17) is 4.52 Å². The fourth-order valence-corrected chi connectivity index (χ4v) is 3.37. The molecular weight excluding hydrogens is 432 g/mol. The number of anilines is 1. The second-order valence-corrected chi connectivity index (χ2v) is 7.71. The van der Waals surface area contributed by atoms with Crippen LogP contribution in [-0.2, 0) is 24.6 Å². The van der Waals surface area contributed by atoms with Gasteiger partial charge in [-0.3, -0.25) is 14.5 Å². The zero-order chi connectivity index (χ0) is 22.6. The first-order valence-corrected chi connectivity index (χ1v) is 10.2. The number of urea groups is 1. The maximum Gasteiger partial charge on any atom is 0.339 e. The highest BCUT2D eigenvalue weighted by atomic mass is 32.2. The molecule has 0 radical (unpaired) electrons. The maximum atomic E-state index is 12.5. The highest BCUT2D eigenvalue weighted by Crippen LogP contribution is 2.13. The van der Waals surface area contributed by atoms with Crippen LogP contribution in [0.1, 0.15) is 11.3 Å². The Labute approximate surface area is 176 Å². The number of hydrogen-bond donors (Lipinski definition) is 3. The van der Waals surface area contributed by atoms with E-state index >= 15 is 0 Å². The summed E-state index contributed by atoms with van der Waals surface area (Å²) >= 11 is 0. The molecule has 3 N–H and O–H groups in total. The van der Waals surface area contributed by atoms with E-state index in [1.54, 1.807) is 42.0 Å². The number of aryl methyl sites for hydroxylation is 1. The quantitative estimate of drug-likeness (QED) is 0.294. The van der Waals surface area contributed by atoms with Crippen LogP contribution in [0.2, 0.25) is 0 Å². The largest absolute Gasteiger partial charge is 0.398 e. The monoisotopic (exact) mass is 450 g/mol. The van der Waals surface area contributed by atoms with Crippen molar-refractivity contribution in [3.05, 3.63) is 47.7 Å². The van der Waals surface area contributed by atoms with Crippen LogP contribution in [-0.4, -0.2) is 61.7 Å². The van der Waals surface area contributed by atoms with Crippen LogP contribution in [0.25, 0.3) is 0 Å². The number of aromatic nitrogens is 1. The average molecular weight is 450 g/mol. The van der Waals surface area contributed by atoms with Crippen LogP contribution in [0.15, 0.2) is 46.1 Å². The van der Waals surface area contributed by atoms with E-state index in [2.05, 4.69) is 20.5 Å². The Balaban J connectivity index is 1.57. The van der Waals surface area contributed by atoms with Crippen molar-refractivity contribution >= 4 is 39.6 Å². The lowest BCUT2D eigenvalue weighted by Gasteiger charge is -2.36. The van der Waals surface area contributed by atoms with Gasteiger partial charge in [-0.2, -0.15) is 8.42 Å². The minimum absolute atomic E-state index is 0.0616. The van der Waals surface area contributed by atoms with E-state index in [-0.39, 0.29) is 18.1 Å². The van der Waals surface area contributed by atoms with E-state index in [9.17, 15) is 22.8 Å². The van der Waals surface area contributed by atoms with Gasteiger partial charge in [-0.05, 0) is 6.92 Å². The molecule has 4 amide bonds. The molecule has 2 aromatic rings. The fraction of sp³-hybridized carbons (Fsp3) is 0.235. The Morgan fingerprint density at radius 3 is 2.58 bits per heavy atom. The zero-order valence-electron chi connectivity index (χ0n) is 16.4. The molecule has 0 spiro atoms. The highest BCUT2D eigenvalue weighted by molar-refractivity contribution is 7.91. The predicted molar refractivity (Wildman–Crippen MR) is 106 cm³/mol. The number of hydrogen-bond acceptors (Lipinski definition) is 9. The Morgan fingerprint density at radius 2 is 2.00 bits per heavy atom. The van der Waals surface area contributed by atoms with Crippen molar-refractivity contribution in [2.45, 2.75) is 13.0 Å². The summed E-state index contributed by atoms with van der Waals surface area (Å²) in [7, 11) is -3.08. The molecule has 1 aromatic carbocycles. The van der Waals surface area contributed by atoms with Crippen LogP contribution in [0.5, 0.6) is 0 Å². The Hall–Kier alpha value is -3.94. The van der Waals surface area contributed by atoms with Gasteiger partial charge in [-0.1, -0.05) is 40.6 Å². The number of carbonyl (C=O) groups excluding carboxylic acids is 3. The zero-order valence-corrected chi connectivity index (χ0v) is 17.2. The molecular formula is C17H18N6O7S. The molecule has 1 fully saturated rings. The van der Waals surface area contributed by atoms with Gasteiger partial charge in [0.15, 0.2) is 11.5 Å². The van der Waals surface area contributed by atoms with E-state index in [1.165, 1.54) is 13.2 Å². The number of likely N-dealkylation sites (tertiary alicyclic amines) is 1. The van der Waals surface area contributed by atoms with Crippen molar-refractivity contribution in [2.75, 3.05) is 18.4 Å². The van der Waals surface area contributed by atoms with Crippen molar-refractivity contribution in [3.8, 4) is 0 Å². The molecule has 164 valence electrons. The minimum Gasteiger partial charge on any atom is -0.398 e. The van der Waals surface area contributed by atoms with Crippen molar-refractivity contribution in [1.82, 2.24) is 20.1 Å². The molecule has 13 nitrogen and oxygen atoms in total. The van der Waals surface area contributed by atoms with Gasteiger partial charge in [-0.15, -0.1) is 0 Å². The lowest BCUT2D eigenvalue weighted by Crippen LogP contribution is -2.68. The standard InChI is InChI=1S/C17H18N6O7S/c1-10-8-13(19-30-10)21-31(27,28)22-17(26)23-9-12(16(23)25)18-15(24)14(20-29-2)11-6-4-3-5-7-11/h3-8,12H,9H2,1-2H3,(H,18,24)(H,19,21)(H,22,26)/b20-14-/t12-/m0/s1. The first-order valence-electron chi connectivity index (χ1n) is 8.77. The van der Waals surface area contributed by atoms with E-state index in [1.807, 2.05) is 4.72 Å². The lowest BCUT2D eigenvalue weighted by molar-refractivity contribution is -0.141. The fourth-order valence-electron chi connectivity index (χ4n) is 2.60. The van der Waals surface area contributed by atoms with E-state index < -0.39 is 34.1 Å². The highest BCUT2D eigenvalue weighted by Gasteiger charge is 2.43. The normalized spacial score (nSPS) is 16.3. The molecule has 1 aromatic heterocycles. The Bertz CT molecular complexity index is 1130. The van der Waals surface area contributed by atoms with Crippen LogP contribution in [0, 0.1) is 6.92 Å². The summed E-state index contributed by atoms with van der Waals surface area (Å²) in [6, 6.07) is 7.50. The number of amides is 4. The lowest BCUT2D eigenvalue weighted by atomic mass is 10.1. The third kappa shape index (κ3) is 5.16. The molecule has 1 aliphatic rings. The van der Waals surface area contributed by atoms with Gasteiger partial charge in [-0.25, -0.2) is 14.2 Å².